The summed E-state index contributed by atoms with van der Waals surface area (Å²) >= 11 is 0. The van der Waals surface area contributed by atoms with Gasteiger partial charge < -0.3 is 19.1 Å². The van der Waals surface area contributed by atoms with Crippen LogP contribution in [-0.4, -0.2) is 45.1 Å². The van der Waals surface area contributed by atoms with Crippen molar-refractivity contribution in [2.45, 2.75) is 18.6 Å². The maximum Gasteiger partial charge on any atom is 0.274 e. The van der Waals surface area contributed by atoms with Crippen LogP contribution in [0.25, 0.3) is 5.65 Å². The Balaban J connectivity index is 1.67. The van der Waals surface area contributed by atoms with Crippen LogP contribution >= 0.6 is 0 Å². The van der Waals surface area contributed by atoms with Gasteiger partial charge in [0.2, 0.25) is 0 Å². The first kappa shape index (κ1) is 15.7. The topological polar surface area (TPSA) is 67.1 Å². The first-order valence-corrected chi connectivity index (χ1v) is 8.22. The van der Waals surface area contributed by atoms with E-state index in [0.29, 0.717) is 18.7 Å². The number of fused-ring (bicyclic) bond motifs is 1. The third kappa shape index (κ3) is 2.85. The number of aliphatic hydroxyl groups excluding tert-OH is 1. The molecule has 4 rings (SSSR count). The van der Waals surface area contributed by atoms with Crippen molar-refractivity contribution in [1.82, 2.24) is 14.3 Å². The van der Waals surface area contributed by atoms with Gasteiger partial charge in [0.05, 0.1) is 19.3 Å². The van der Waals surface area contributed by atoms with Gasteiger partial charge in [0.25, 0.3) is 5.91 Å². The zero-order valence-corrected chi connectivity index (χ0v) is 13.9. The molecule has 6 nitrogen and oxygen atoms in total. The Labute approximate surface area is 145 Å². The number of likely N-dealkylation sites (tertiary alicyclic amines) is 1. The molecule has 1 aromatic carbocycles. The molecule has 1 aliphatic heterocycles. The number of β-amino-alcohol motifs (C(OH)–C–C–N with tert-alkyl or cyclic N) is 1. The van der Waals surface area contributed by atoms with E-state index < -0.39 is 6.10 Å². The Morgan fingerprint density at radius 3 is 2.96 bits per heavy atom. The lowest BCUT2D eigenvalue weighted by atomic mass is 10.0. The van der Waals surface area contributed by atoms with E-state index in [-0.39, 0.29) is 11.9 Å². The molecule has 128 valence electrons. The molecule has 0 bridgehead atoms. The molecule has 3 aromatic rings. The highest BCUT2D eigenvalue weighted by molar-refractivity contribution is 5.93. The molecule has 0 spiro atoms. The average Bonchev–Trinajstić information content (AvgIpc) is 3.24. The molecule has 25 heavy (non-hydrogen) atoms. The number of aliphatic hydroxyl groups is 1. The molecule has 0 unspecified atom stereocenters. The van der Waals surface area contributed by atoms with Crippen molar-refractivity contribution in [3.63, 3.8) is 0 Å². The quantitative estimate of drug-likeness (QED) is 0.796. The lowest BCUT2D eigenvalue weighted by molar-refractivity contribution is 0.0710. The van der Waals surface area contributed by atoms with Crippen LogP contribution in [0.4, 0.5) is 0 Å². The number of nitrogens with zero attached hydrogens (tertiary/aromatic N) is 3. The molecule has 2 aromatic heterocycles. The Bertz CT molecular complexity index is 888. The number of pyridine rings is 1. The Morgan fingerprint density at radius 2 is 2.16 bits per heavy atom. The SMILES string of the molecule is COc1cccc([C@@H]2C[C@@H](O)CN2C(=O)c2cn3ccccc3n2)c1. The van der Waals surface area contributed by atoms with Crippen LogP contribution in [0.1, 0.15) is 28.5 Å². The van der Waals surface area contributed by atoms with Gasteiger partial charge >= 0.3 is 0 Å². The first-order chi connectivity index (χ1) is 12.2. The van der Waals surface area contributed by atoms with Gasteiger partial charge in [0.1, 0.15) is 17.1 Å². The summed E-state index contributed by atoms with van der Waals surface area (Å²) in [5.41, 5.74) is 2.06. The minimum absolute atomic E-state index is 0.173. The second-order valence-electron chi connectivity index (χ2n) is 6.23. The molecule has 1 saturated heterocycles. The van der Waals surface area contributed by atoms with Crippen molar-refractivity contribution in [2.75, 3.05) is 13.7 Å². The molecule has 1 N–H and O–H groups in total. The second-order valence-corrected chi connectivity index (χ2v) is 6.23. The van der Waals surface area contributed by atoms with Gasteiger partial charge in [-0.05, 0) is 36.2 Å². The molecule has 1 aliphatic rings. The summed E-state index contributed by atoms with van der Waals surface area (Å²) in [7, 11) is 1.61. The standard InChI is InChI=1S/C19H19N3O3/c1-25-15-6-4-5-13(9-15)17-10-14(23)11-22(17)19(24)16-12-21-8-3-2-7-18(21)20-16/h2-9,12,14,17,23H,10-11H2,1H3/t14-,17+/m1/s1. The van der Waals surface area contributed by atoms with E-state index in [1.165, 1.54) is 0 Å². The third-order valence-corrected chi connectivity index (χ3v) is 4.60. The van der Waals surface area contributed by atoms with E-state index in [9.17, 15) is 9.90 Å². The van der Waals surface area contributed by atoms with Crippen molar-refractivity contribution >= 4 is 11.6 Å². The molecule has 0 saturated carbocycles. The highest BCUT2D eigenvalue weighted by Crippen LogP contribution is 2.34. The maximum atomic E-state index is 13.0. The normalized spacial score (nSPS) is 20.2. The zero-order valence-electron chi connectivity index (χ0n) is 13.9. The fraction of sp³-hybridized carbons (Fsp3) is 0.263. The summed E-state index contributed by atoms with van der Waals surface area (Å²) < 4.78 is 7.10. The molecule has 1 amide bonds. The number of hydrogen-bond donors (Lipinski definition) is 1. The van der Waals surface area contributed by atoms with Gasteiger partial charge in [-0.2, -0.15) is 0 Å². The van der Waals surface area contributed by atoms with E-state index in [4.69, 9.17) is 4.74 Å². The van der Waals surface area contributed by atoms with Gasteiger partial charge in [-0.25, -0.2) is 4.98 Å². The molecule has 0 radical (unpaired) electrons. The number of hydrogen-bond acceptors (Lipinski definition) is 4. The number of carbonyl (C=O) groups is 1. The van der Waals surface area contributed by atoms with Gasteiger partial charge in [-0.15, -0.1) is 0 Å². The molecule has 2 atom stereocenters. The predicted octanol–water partition coefficient (Wildman–Crippen LogP) is 2.29. The summed E-state index contributed by atoms with van der Waals surface area (Å²) in [6, 6.07) is 13.1. The fourth-order valence-corrected chi connectivity index (χ4v) is 3.39. The van der Waals surface area contributed by atoms with Crippen LogP contribution in [0.2, 0.25) is 0 Å². The van der Waals surface area contributed by atoms with Crippen LogP contribution in [0.5, 0.6) is 5.75 Å². The van der Waals surface area contributed by atoms with Crippen molar-refractivity contribution in [3.05, 3.63) is 66.1 Å². The molecular weight excluding hydrogens is 318 g/mol. The smallest absolute Gasteiger partial charge is 0.274 e. The highest BCUT2D eigenvalue weighted by Gasteiger charge is 2.36. The Morgan fingerprint density at radius 1 is 1.28 bits per heavy atom. The van der Waals surface area contributed by atoms with E-state index >= 15 is 0 Å². The summed E-state index contributed by atoms with van der Waals surface area (Å²) in [6.07, 6.45) is 3.55. The van der Waals surface area contributed by atoms with Crippen LogP contribution in [-0.2, 0) is 0 Å². The fourth-order valence-electron chi connectivity index (χ4n) is 3.39. The molecule has 6 heteroatoms. The number of aromatic nitrogens is 2. The number of imidazole rings is 1. The molecule has 3 heterocycles. The molecular formula is C19H19N3O3. The minimum Gasteiger partial charge on any atom is -0.497 e. The van der Waals surface area contributed by atoms with Crippen LogP contribution in [0, 0.1) is 0 Å². The number of amides is 1. The minimum atomic E-state index is -0.544. The molecule has 1 fully saturated rings. The largest absolute Gasteiger partial charge is 0.497 e. The second kappa shape index (κ2) is 6.22. The van der Waals surface area contributed by atoms with Crippen molar-refractivity contribution in [3.8, 4) is 5.75 Å². The van der Waals surface area contributed by atoms with Crippen LogP contribution < -0.4 is 4.74 Å². The van der Waals surface area contributed by atoms with E-state index in [0.717, 1.165) is 17.0 Å². The lowest BCUT2D eigenvalue weighted by Crippen LogP contribution is -2.32. The van der Waals surface area contributed by atoms with E-state index in [2.05, 4.69) is 4.98 Å². The van der Waals surface area contributed by atoms with Crippen molar-refractivity contribution in [1.29, 1.82) is 0 Å². The molecule has 0 aliphatic carbocycles. The number of benzene rings is 1. The summed E-state index contributed by atoms with van der Waals surface area (Å²) in [5.74, 6) is 0.562. The average molecular weight is 337 g/mol. The van der Waals surface area contributed by atoms with Gasteiger partial charge in [-0.1, -0.05) is 18.2 Å². The highest BCUT2D eigenvalue weighted by atomic mass is 16.5. The number of carbonyl (C=O) groups excluding carboxylic acids is 1. The summed E-state index contributed by atoms with van der Waals surface area (Å²) in [4.78, 5) is 19.1. The predicted molar refractivity (Wildman–Crippen MR) is 92.6 cm³/mol. The number of rotatable bonds is 3. The monoisotopic (exact) mass is 337 g/mol. The van der Waals surface area contributed by atoms with Gasteiger partial charge in [0.15, 0.2) is 0 Å². The van der Waals surface area contributed by atoms with E-state index in [1.807, 2.05) is 53.1 Å². The maximum absolute atomic E-state index is 13.0. The van der Waals surface area contributed by atoms with Gasteiger partial charge in [0, 0.05) is 18.9 Å². The lowest BCUT2D eigenvalue weighted by Gasteiger charge is -2.24. The first-order valence-electron chi connectivity index (χ1n) is 8.22. The Kier molecular flexibility index (Phi) is 3.89. The number of ether oxygens (including phenoxy) is 1. The van der Waals surface area contributed by atoms with Crippen molar-refractivity contribution < 1.29 is 14.6 Å². The zero-order chi connectivity index (χ0) is 17.4. The van der Waals surface area contributed by atoms with Crippen LogP contribution in [0.3, 0.4) is 0 Å². The number of methoxy groups -OCH3 is 1. The third-order valence-electron chi connectivity index (χ3n) is 4.60. The summed E-state index contributed by atoms with van der Waals surface area (Å²) in [6.45, 7) is 0.300. The van der Waals surface area contributed by atoms with E-state index in [1.54, 1.807) is 18.2 Å². The summed E-state index contributed by atoms with van der Waals surface area (Å²) in [5, 5.41) is 10.1. The van der Waals surface area contributed by atoms with Gasteiger partial charge in [-0.3, -0.25) is 4.79 Å². The Hall–Kier alpha value is -2.86. The van der Waals surface area contributed by atoms with Crippen LogP contribution in [0.15, 0.2) is 54.9 Å². The van der Waals surface area contributed by atoms with Crippen molar-refractivity contribution in [2.24, 2.45) is 0 Å².